The molecule has 0 aliphatic carbocycles. The van der Waals surface area contributed by atoms with Gasteiger partial charge in [0, 0.05) is 11.6 Å². The molecule has 35 heavy (non-hydrogen) atoms. The molecule has 1 saturated heterocycles. The van der Waals surface area contributed by atoms with Gasteiger partial charge < -0.3 is 9.30 Å². The fourth-order valence-electron chi connectivity index (χ4n) is 3.86. The SMILES string of the molecule is CCOC(=O)Cn1c(=NC(=O)C2CCCN2S(=O)(=O)c2ccc(Cl)cc2)sc2c(Cl)ccc(Cl)c21. The number of carbonyl (C=O) groups excluding carboxylic acids is 2. The smallest absolute Gasteiger partial charge is 0.326 e. The van der Waals surface area contributed by atoms with Gasteiger partial charge in [-0.2, -0.15) is 9.30 Å². The Morgan fingerprint density at radius 2 is 1.80 bits per heavy atom. The molecule has 3 aromatic rings. The van der Waals surface area contributed by atoms with Crippen molar-refractivity contribution < 1.29 is 22.7 Å². The fraction of sp³-hybridized carbons (Fsp3) is 0.318. The van der Waals surface area contributed by atoms with Crippen molar-refractivity contribution in [2.75, 3.05) is 13.2 Å². The van der Waals surface area contributed by atoms with Crippen molar-refractivity contribution in [2.45, 2.75) is 37.2 Å². The molecular formula is C22H20Cl3N3O5S2. The van der Waals surface area contributed by atoms with E-state index in [0.29, 0.717) is 38.1 Å². The maximum absolute atomic E-state index is 13.3. The van der Waals surface area contributed by atoms with Gasteiger partial charge in [0.2, 0.25) is 10.0 Å². The zero-order chi connectivity index (χ0) is 25.3. The van der Waals surface area contributed by atoms with Crippen molar-refractivity contribution in [3.8, 4) is 0 Å². The Hall–Kier alpha value is -1.95. The molecule has 1 unspecified atom stereocenters. The maximum Gasteiger partial charge on any atom is 0.326 e. The normalized spacial score (nSPS) is 17.3. The molecule has 13 heteroatoms. The zero-order valence-electron chi connectivity index (χ0n) is 18.4. The lowest BCUT2D eigenvalue weighted by Crippen LogP contribution is -2.40. The van der Waals surface area contributed by atoms with E-state index in [4.69, 9.17) is 39.5 Å². The Bertz CT molecular complexity index is 1470. The van der Waals surface area contributed by atoms with Gasteiger partial charge in [-0.15, -0.1) is 0 Å². The Balaban J connectivity index is 1.76. The third-order valence-corrected chi connectivity index (χ3v) is 9.45. The molecule has 0 radical (unpaired) electrons. The number of benzene rings is 2. The second-order valence-electron chi connectivity index (χ2n) is 7.66. The van der Waals surface area contributed by atoms with Crippen LogP contribution in [0.4, 0.5) is 0 Å². The van der Waals surface area contributed by atoms with Gasteiger partial charge in [0.15, 0.2) is 4.80 Å². The topological polar surface area (TPSA) is 98.0 Å². The quantitative estimate of drug-likeness (QED) is 0.402. The van der Waals surface area contributed by atoms with Crippen LogP contribution < -0.4 is 4.80 Å². The second kappa shape index (κ2) is 10.6. The number of aromatic nitrogens is 1. The van der Waals surface area contributed by atoms with E-state index in [-0.39, 0.29) is 29.4 Å². The molecule has 1 atom stereocenters. The van der Waals surface area contributed by atoms with Gasteiger partial charge in [0.25, 0.3) is 5.91 Å². The molecular weight excluding hydrogens is 557 g/mol. The van der Waals surface area contributed by atoms with Gasteiger partial charge in [0.1, 0.15) is 12.6 Å². The number of esters is 1. The summed E-state index contributed by atoms with van der Waals surface area (Å²) in [4.78, 5) is 30.0. The summed E-state index contributed by atoms with van der Waals surface area (Å²) in [7, 11) is -3.94. The summed E-state index contributed by atoms with van der Waals surface area (Å²) < 4.78 is 34.7. The average molecular weight is 577 g/mol. The molecule has 1 aromatic heterocycles. The van der Waals surface area contributed by atoms with Crippen LogP contribution in [0.1, 0.15) is 19.8 Å². The van der Waals surface area contributed by atoms with Gasteiger partial charge in [0.05, 0.1) is 31.8 Å². The number of ether oxygens (including phenoxy) is 1. The molecule has 1 aliphatic heterocycles. The van der Waals surface area contributed by atoms with Crippen molar-refractivity contribution in [1.82, 2.24) is 8.87 Å². The number of rotatable bonds is 6. The first-order chi connectivity index (χ1) is 16.6. The number of thiazole rings is 1. The maximum atomic E-state index is 13.3. The van der Waals surface area contributed by atoms with E-state index in [1.807, 2.05) is 0 Å². The standard InChI is InChI=1S/C22H20Cl3N3O5S2/c1-2-33-18(29)12-27-19-15(24)9-10-16(25)20(19)34-22(27)26-21(30)17-4-3-11-28(17)35(31,32)14-7-5-13(23)6-8-14/h5-10,17H,2-4,11-12H2,1H3. The lowest BCUT2D eigenvalue weighted by molar-refractivity contribution is -0.143. The van der Waals surface area contributed by atoms with Gasteiger partial charge in [-0.25, -0.2) is 8.42 Å². The number of sulfonamides is 1. The van der Waals surface area contributed by atoms with Crippen LogP contribution in [0.25, 0.3) is 10.2 Å². The van der Waals surface area contributed by atoms with E-state index in [1.165, 1.54) is 28.8 Å². The molecule has 186 valence electrons. The van der Waals surface area contributed by atoms with Crippen LogP contribution in [-0.4, -0.2) is 48.4 Å². The van der Waals surface area contributed by atoms with Crippen molar-refractivity contribution in [3.05, 3.63) is 56.3 Å². The fourth-order valence-corrected chi connectivity index (χ4v) is 7.29. The molecule has 2 heterocycles. The predicted molar refractivity (Wildman–Crippen MR) is 135 cm³/mol. The van der Waals surface area contributed by atoms with Crippen LogP contribution in [0.2, 0.25) is 15.1 Å². The Labute approximate surface area is 220 Å². The van der Waals surface area contributed by atoms with Crippen LogP contribution in [0.5, 0.6) is 0 Å². The van der Waals surface area contributed by atoms with Crippen molar-refractivity contribution in [2.24, 2.45) is 4.99 Å². The van der Waals surface area contributed by atoms with E-state index in [2.05, 4.69) is 4.99 Å². The van der Waals surface area contributed by atoms with E-state index < -0.39 is 27.9 Å². The van der Waals surface area contributed by atoms with E-state index >= 15 is 0 Å². The van der Waals surface area contributed by atoms with E-state index in [9.17, 15) is 18.0 Å². The number of hydrogen-bond acceptors (Lipinski definition) is 6. The third-order valence-electron chi connectivity index (χ3n) is 5.44. The van der Waals surface area contributed by atoms with Crippen LogP contribution >= 0.6 is 46.1 Å². The molecule has 1 amide bonds. The summed E-state index contributed by atoms with van der Waals surface area (Å²) in [5.41, 5.74) is 0.445. The van der Waals surface area contributed by atoms with Gasteiger partial charge >= 0.3 is 5.97 Å². The molecule has 2 aromatic carbocycles. The second-order valence-corrected chi connectivity index (χ2v) is 11.8. The highest BCUT2D eigenvalue weighted by molar-refractivity contribution is 7.89. The summed E-state index contributed by atoms with van der Waals surface area (Å²) >= 11 is 19.7. The molecule has 0 bridgehead atoms. The molecule has 4 rings (SSSR count). The summed E-state index contributed by atoms with van der Waals surface area (Å²) in [6, 6.07) is 7.98. The predicted octanol–water partition coefficient (Wildman–Crippen LogP) is 4.51. The monoisotopic (exact) mass is 575 g/mol. The highest BCUT2D eigenvalue weighted by Crippen LogP contribution is 2.32. The number of hydrogen-bond donors (Lipinski definition) is 0. The Morgan fingerprint density at radius 1 is 1.11 bits per heavy atom. The number of halogens is 3. The first-order valence-electron chi connectivity index (χ1n) is 10.6. The van der Waals surface area contributed by atoms with Gasteiger partial charge in [-0.3, -0.25) is 9.59 Å². The zero-order valence-corrected chi connectivity index (χ0v) is 22.3. The van der Waals surface area contributed by atoms with Crippen molar-refractivity contribution >= 4 is 78.3 Å². The minimum Gasteiger partial charge on any atom is -0.465 e. The van der Waals surface area contributed by atoms with Gasteiger partial charge in [-0.05, 0) is 56.2 Å². The molecule has 1 aliphatic rings. The summed E-state index contributed by atoms with van der Waals surface area (Å²) in [5, 5.41) is 1.11. The highest BCUT2D eigenvalue weighted by Gasteiger charge is 2.39. The number of fused-ring (bicyclic) bond motifs is 1. The number of nitrogens with zero attached hydrogens (tertiary/aromatic N) is 3. The first-order valence-corrected chi connectivity index (χ1v) is 14.0. The van der Waals surface area contributed by atoms with Crippen molar-refractivity contribution in [1.29, 1.82) is 0 Å². The Kier molecular flexibility index (Phi) is 7.89. The van der Waals surface area contributed by atoms with Crippen LogP contribution in [0.15, 0.2) is 46.3 Å². The van der Waals surface area contributed by atoms with Crippen molar-refractivity contribution in [3.63, 3.8) is 0 Å². The first kappa shape index (κ1) is 26.1. The highest BCUT2D eigenvalue weighted by atomic mass is 35.5. The molecule has 8 nitrogen and oxygen atoms in total. The lowest BCUT2D eigenvalue weighted by Gasteiger charge is -2.21. The number of carbonyl (C=O) groups is 2. The average Bonchev–Trinajstić information content (AvgIpc) is 3.44. The largest absolute Gasteiger partial charge is 0.465 e. The van der Waals surface area contributed by atoms with Gasteiger partial charge in [-0.1, -0.05) is 46.1 Å². The van der Waals surface area contributed by atoms with Crippen LogP contribution in [-0.2, 0) is 30.9 Å². The third kappa shape index (κ3) is 5.28. The molecule has 0 spiro atoms. The molecule has 1 fully saturated rings. The van der Waals surface area contributed by atoms with Crippen LogP contribution in [0, 0.1) is 0 Å². The van der Waals surface area contributed by atoms with Crippen LogP contribution in [0.3, 0.4) is 0 Å². The summed E-state index contributed by atoms with van der Waals surface area (Å²) in [5.74, 6) is -1.18. The summed E-state index contributed by atoms with van der Waals surface area (Å²) in [6.45, 7) is 1.81. The van der Waals surface area contributed by atoms with E-state index in [1.54, 1.807) is 19.1 Å². The van der Waals surface area contributed by atoms with E-state index in [0.717, 1.165) is 15.6 Å². The Morgan fingerprint density at radius 3 is 2.49 bits per heavy atom. The lowest BCUT2D eigenvalue weighted by atomic mass is 10.2. The summed E-state index contributed by atoms with van der Waals surface area (Å²) in [6.07, 6.45) is 0.824. The number of amides is 1. The minimum atomic E-state index is -3.94. The molecule has 0 saturated carbocycles. The minimum absolute atomic E-state index is 0.0411. The molecule has 0 N–H and O–H groups in total.